The fourth-order valence-corrected chi connectivity index (χ4v) is 2.40. The first-order valence-electron chi connectivity index (χ1n) is 7.46. The second-order valence-electron chi connectivity index (χ2n) is 5.24. The lowest BCUT2D eigenvalue weighted by molar-refractivity contribution is -0.121. The predicted octanol–water partition coefficient (Wildman–Crippen LogP) is 2.05. The molecule has 0 atom stereocenters. The van der Waals surface area contributed by atoms with Gasteiger partial charge in [-0.05, 0) is 49.6 Å². The van der Waals surface area contributed by atoms with E-state index < -0.39 is 0 Å². The van der Waals surface area contributed by atoms with Gasteiger partial charge < -0.3 is 21.1 Å². The first-order chi connectivity index (χ1) is 10.2. The number of amides is 1. The standard InChI is InChI=1S/C16H23N3O2/c17-8-3-1-2-4-16(21)18-9-7-12-11-19-15-6-5-13(20)10-14(12)15/h5-6,10-11,19-20H,1-4,7-9,17H2,(H,18,21). The zero-order chi connectivity index (χ0) is 15.1. The molecule has 21 heavy (non-hydrogen) atoms. The summed E-state index contributed by atoms with van der Waals surface area (Å²) in [4.78, 5) is 14.8. The van der Waals surface area contributed by atoms with Crippen LogP contribution in [0, 0.1) is 0 Å². The van der Waals surface area contributed by atoms with Gasteiger partial charge in [0.2, 0.25) is 5.91 Å². The molecule has 0 radical (unpaired) electrons. The second-order valence-corrected chi connectivity index (χ2v) is 5.24. The Bertz CT molecular complexity index is 592. The Kier molecular flexibility index (Phi) is 5.63. The van der Waals surface area contributed by atoms with Crippen LogP contribution in [0.5, 0.6) is 5.75 Å². The molecular weight excluding hydrogens is 266 g/mol. The van der Waals surface area contributed by atoms with Crippen molar-refractivity contribution in [2.75, 3.05) is 13.1 Å². The van der Waals surface area contributed by atoms with Gasteiger partial charge in [0.05, 0.1) is 0 Å². The minimum absolute atomic E-state index is 0.0923. The number of rotatable bonds is 8. The van der Waals surface area contributed by atoms with Crippen LogP contribution in [-0.4, -0.2) is 29.1 Å². The summed E-state index contributed by atoms with van der Waals surface area (Å²) in [6, 6.07) is 5.26. The van der Waals surface area contributed by atoms with Crippen molar-refractivity contribution in [2.45, 2.75) is 32.1 Å². The minimum atomic E-state index is 0.0923. The van der Waals surface area contributed by atoms with Gasteiger partial charge in [0, 0.05) is 30.1 Å². The number of hydrogen-bond acceptors (Lipinski definition) is 3. The lowest BCUT2D eigenvalue weighted by Gasteiger charge is -2.05. The quantitative estimate of drug-likeness (QED) is 0.561. The van der Waals surface area contributed by atoms with Gasteiger partial charge in [0.1, 0.15) is 5.75 Å². The summed E-state index contributed by atoms with van der Waals surface area (Å²) >= 11 is 0. The van der Waals surface area contributed by atoms with E-state index in [9.17, 15) is 9.90 Å². The smallest absolute Gasteiger partial charge is 0.220 e. The van der Waals surface area contributed by atoms with E-state index in [0.29, 0.717) is 19.5 Å². The third-order valence-corrected chi connectivity index (χ3v) is 3.58. The van der Waals surface area contributed by atoms with E-state index in [1.807, 2.05) is 12.3 Å². The fourth-order valence-electron chi connectivity index (χ4n) is 2.40. The minimum Gasteiger partial charge on any atom is -0.508 e. The molecule has 1 aromatic carbocycles. The summed E-state index contributed by atoms with van der Waals surface area (Å²) in [7, 11) is 0. The number of benzene rings is 1. The molecule has 5 nitrogen and oxygen atoms in total. The number of fused-ring (bicyclic) bond motifs is 1. The highest BCUT2D eigenvalue weighted by atomic mass is 16.3. The topological polar surface area (TPSA) is 91.1 Å². The van der Waals surface area contributed by atoms with Crippen LogP contribution < -0.4 is 11.1 Å². The van der Waals surface area contributed by atoms with Crippen molar-refractivity contribution in [2.24, 2.45) is 5.73 Å². The van der Waals surface area contributed by atoms with Gasteiger partial charge in [-0.3, -0.25) is 4.79 Å². The molecule has 0 spiro atoms. The SMILES string of the molecule is NCCCCCC(=O)NCCc1c[nH]c2ccc(O)cc12. The lowest BCUT2D eigenvalue weighted by Crippen LogP contribution is -2.25. The summed E-state index contributed by atoms with van der Waals surface area (Å²) in [6.07, 6.45) is 6.12. The number of unbranched alkanes of at least 4 members (excludes halogenated alkanes) is 2. The Morgan fingerprint density at radius 3 is 2.95 bits per heavy atom. The largest absolute Gasteiger partial charge is 0.508 e. The summed E-state index contributed by atoms with van der Waals surface area (Å²) in [6.45, 7) is 1.30. The molecule has 2 aromatic rings. The zero-order valence-electron chi connectivity index (χ0n) is 12.2. The molecule has 0 fully saturated rings. The Morgan fingerprint density at radius 2 is 2.14 bits per heavy atom. The second kappa shape index (κ2) is 7.69. The van der Waals surface area contributed by atoms with Crippen LogP contribution in [-0.2, 0) is 11.2 Å². The highest BCUT2D eigenvalue weighted by Crippen LogP contribution is 2.22. The molecular formula is C16H23N3O2. The third-order valence-electron chi connectivity index (χ3n) is 3.58. The van der Waals surface area contributed by atoms with Crippen LogP contribution in [0.25, 0.3) is 10.9 Å². The van der Waals surface area contributed by atoms with Crippen molar-refractivity contribution in [3.8, 4) is 5.75 Å². The maximum Gasteiger partial charge on any atom is 0.220 e. The number of carbonyl (C=O) groups excluding carboxylic acids is 1. The highest BCUT2D eigenvalue weighted by Gasteiger charge is 2.05. The highest BCUT2D eigenvalue weighted by molar-refractivity contribution is 5.84. The zero-order valence-corrected chi connectivity index (χ0v) is 12.2. The summed E-state index contributed by atoms with van der Waals surface area (Å²) in [5.41, 5.74) is 7.51. The molecule has 0 saturated carbocycles. The average Bonchev–Trinajstić information content (AvgIpc) is 2.86. The van der Waals surface area contributed by atoms with Crippen LogP contribution in [0.2, 0.25) is 0 Å². The van der Waals surface area contributed by atoms with E-state index in [2.05, 4.69) is 10.3 Å². The fraction of sp³-hybridized carbons (Fsp3) is 0.438. The van der Waals surface area contributed by atoms with E-state index in [-0.39, 0.29) is 11.7 Å². The molecule has 2 rings (SSSR count). The maximum absolute atomic E-state index is 11.7. The molecule has 1 amide bonds. The summed E-state index contributed by atoms with van der Waals surface area (Å²) < 4.78 is 0. The van der Waals surface area contributed by atoms with Crippen molar-refractivity contribution in [1.29, 1.82) is 0 Å². The Morgan fingerprint density at radius 1 is 1.29 bits per heavy atom. The molecule has 0 aliphatic heterocycles. The Balaban J connectivity index is 1.77. The third kappa shape index (κ3) is 4.49. The molecule has 5 heteroatoms. The van der Waals surface area contributed by atoms with E-state index in [0.717, 1.165) is 42.1 Å². The maximum atomic E-state index is 11.7. The monoisotopic (exact) mass is 289 g/mol. The number of phenols is 1. The van der Waals surface area contributed by atoms with E-state index >= 15 is 0 Å². The number of nitrogens with one attached hydrogen (secondary N) is 2. The number of carbonyl (C=O) groups is 1. The van der Waals surface area contributed by atoms with Crippen LogP contribution in [0.1, 0.15) is 31.2 Å². The molecule has 0 aliphatic rings. The molecule has 5 N–H and O–H groups in total. The summed E-state index contributed by atoms with van der Waals surface area (Å²) in [5, 5.41) is 13.5. The molecule has 1 aromatic heterocycles. The van der Waals surface area contributed by atoms with Crippen molar-refractivity contribution in [3.05, 3.63) is 30.0 Å². The van der Waals surface area contributed by atoms with E-state index in [4.69, 9.17) is 5.73 Å². The molecule has 0 bridgehead atoms. The van der Waals surface area contributed by atoms with Gasteiger partial charge in [-0.1, -0.05) is 6.42 Å². The van der Waals surface area contributed by atoms with Gasteiger partial charge in [0.25, 0.3) is 0 Å². The predicted molar refractivity (Wildman–Crippen MR) is 84.2 cm³/mol. The molecule has 114 valence electrons. The number of aromatic hydroxyl groups is 1. The number of aromatic nitrogens is 1. The van der Waals surface area contributed by atoms with Crippen molar-refractivity contribution < 1.29 is 9.90 Å². The van der Waals surface area contributed by atoms with Gasteiger partial charge in [-0.25, -0.2) is 0 Å². The van der Waals surface area contributed by atoms with Crippen molar-refractivity contribution >= 4 is 16.8 Å². The van der Waals surface area contributed by atoms with E-state index in [1.54, 1.807) is 12.1 Å². The Hall–Kier alpha value is -2.01. The first-order valence-corrected chi connectivity index (χ1v) is 7.46. The van der Waals surface area contributed by atoms with Crippen LogP contribution in [0.4, 0.5) is 0 Å². The van der Waals surface area contributed by atoms with Gasteiger partial charge in [-0.15, -0.1) is 0 Å². The van der Waals surface area contributed by atoms with Gasteiger partial charge >= 0.3 is 0 Å². The van der Waals surface area contributed by atoms with Gasteiger partial charge in [-0.2, -0.15) is 0 Å². The van der Waals surface area contributed by atoms with Crippen LogP contribution in [0.15, 0.2) is 24.4 Å². The summed E-state index contributed by atoms with van der Waals surface area (Å²) in [5.74, 6) is 0.349. The number of phenolic OH excluding ortho intramolecular Hbond substituents is 1. The Labute approximate surface area is 124 Å². The number of nitrogens with two attached hydrogens (primary N) is 1. The number of aromatic amines is 1. The first kappa shape index (κ1) is 15.4. The molecule has 1 heterocycles. The number of hydrogen-bond donors (Lipinski definition) is 4. The lowest BCUT2D eigenvalue weighted by atomic mass is 10.1. The molecule has 0 unspecified atom stereocenters. The normalized spacial score (nSPS) is 10.9. The van der Waals surface area contributed by atoms with Crippen molar-refractivity contribution in [3.63, 3.8) is 0 Å². The van der Waals surface area contributed by atoms with Crippen LogP contribution in [0.3, 0.4) is 0 Å². The molecule has 0 aliphatic carbocycles. The van der Waals surface area contributed by atoms with Crippen molar-refractivity contribution in [1.82, 2.24) is 10.3 Å². The van der Waals surface area contributed by atoms with E-state index in [1.165, 1.54) is 0 Å². The number of H-pyrrole nitrogens is 1. The average molecular weight is 289 g/mol. The van der Waals surface area contributed by atoms with Gasteiger partial charge in [0.15, 0.2) is 0 Å². The van der Waals surface area contributed by atoms with Crippen LogP contribution >= 0.6 is 0 Å². The molecule has 0 saturated heterocycles.